The van der Waals surface area contributed by atoms with Crippen LogP contribution in [0, 0.1) is 5.82 Å². The highest BCUT2D eigenvalue weighted by atomic mass is 19.1. The maximum atomic E-state index is 13.9. The third kappa shape index (κ3) is 4.06. The lowest BCUT2D eigenvalue weighted by Gasteiger charge is -2.14. The van der Waals surface area contributed by atoms with Crippen molar-refractivity contribution in [3.63, 3.8) is 0 Å². The zero-order valence-corrected chi connectivity index (χ0v) is 12.0. The standard InChI is InChI=1S/C15H17FN2O4/c1-21-9-22-10-4-5-11(12(16)7-10)14(19)8-18-15(20)13-3-2-6-17-13/h2-7,14,17,19H,8-9H2,1H3,(H,18,20). The SMILES string of the molecule is COCOc1ccc(C(O)CNC(=O)c2ccc[nH]2)c(F)c1. The molecule has 118 valence electrons. The third-order valence-electron chi connectivity index (χ3n) is 2.97. The molecule has 1 atom stereocenters. The Labute approximate surface area is 126 Å². The van der Waals surface area contributed by atoms with Crippen molar-refractivity contribution in [1.29, 1.82) is 0 Å². The molecule has 0 bridgehead atoms. The van der Waals surface area contributed by atoms with Crippen molar-refractivity contribution >= 4 is 5.91 Å². The summed E-state index contributed by atoms with van der Waals surface area (Å²) in [4.78, 5) is 14.5. The van der Waals surface area contributed by atoms with Crippen LogP contribution in [0.3, 0.4) is 0 Å². The summed E-state index contributed by atoms with van der Waals surface area (Å²) in [6.45, 7) is -0.0966. The molecule has 2 aromatic rings. The minimum atomic E-state index is -1.16. The van der Waals surface area contributed by atoms with E-state index in [1.54, 1.807) is 18.3 Å². The number of aliphatic hydroxyl groups excluding tert-OH is 1. The summed E-state index contributed by atoms with van der Waals surface area (Å²) in [7, 11) is 1.46. The van der Waals surface area contributed by atoms with Gasteiger partial charge in [0, 0.05) is 31.5 Å². The van der Waals surface area contributed by atoms with Gasteiger partial charge in [0.25, 0.3) is 5.91 Å². The lowest BCUT2D eigenvalue weighted by molar-refractivity contribution is 0.0508. The summed E-state index contributed by atoms with van der Waals surface area (Å²) in [5.41, 5.74) is 0.451. The quantitative estimate of drug-likeness (QED) is 0.678. The zero-order valence-electron chi connectivity index (χ0n) is 12.0. The number of amides is 1. The summed E-state index contributed by atoms with van der Waals surface area (Å²) in [6, 6.07) is 7.37. The van der Waals surface area contributed by atoms with Crippen LogP contribution >= 0.6 is 0 Å². The van der Waals surface area contributed by atoms with E-state index in [-0.39, 0.29) is 24.8 Å². The number of rotatable bonds is 7. The Morgan fingerprint density at radius 3 is 2.91 bits per heavy atom. The van der Waals surface area contributed by atoms with Crippen molar-refractivity contribution in [2.45, 2.75) is 6.10 Å². The number of hydrogen-bond donors (Lipinski definition) is 3. The predicted octanol–water partition coefficient (Wildman–Crippen LogP) is 1.60. The van der Waals surface area contributed by atoms with Gasteiger partial charge in [0.05, 0.1) is 6.10 Å². The van der Waals surface area contributed by atoms with Crippen LogP contribution in [0.1, 0.15) is 22.2 Å². The molecular formula is C15H17FN2O4. The number of aromatic amines is 1. The molecule has 0 saturated heterocycles. The van der Waals surface area contributed by atoms with Crippen LogP contribution < -0.4 is 10.1 Å². The van der Waals surface area contributed by atoms with Crippen LogP contribution in [-0.4, -0.2) is 36.4 Å². The van der Waals surface area contributed by atoms with E-state index in [1.807, 2.05) is 0 Å². The average molecular weight is 308 g/mol. The summed E-state index contributed by atoms with van der Waals surface area (Å²) in [6.07, 6.45) is 0.458. The Hall–Kier alpha value is -2.38. The number of methoxy groups -OCH3 is 1. The summed E-state index contributed by atoms with van der Waals surface area (Å²) >= 11 is 0. The largest absolute Gasteiger partial charge is 0.467 e. The molecule has 2 rings (SSSR count). The number of nitrogens with one attached hydrogen (secondary N) is 2. The Bertz CT molecular complexity index is 616. The van der Waals surface area contributed by atoms with Crippen molar-refractivity contribution in [2.75, 3.05) is 20.4 Å². The maximum Gasteiger partial charge on any atom is 0.267 e. The molecule has 6 nitrogen and oxygen atoms in total. The molecule has 1 amide bonds. The second kappa shape index (κ2) is 7.58. The minimum Gasteiger partial charge on any atom is -0.467 e. The number of aromatic nitrogens is 1. The van der Waals surface area contributed by atoms with Crippen LogP contribution in [0.4, 0.5) is 4.39 Å². The Morgan fingerprint density at radius 2 is 2.27 bits per heavy atom. The highest BCUT2D eigenvalue weighted by Gasteiger charge is 2.15. The molecular weight excluding hydrogens is 291 g/mol. The van der Waals surface area contributed by atoms with Crippen molar-refractivity contribution in [3.05, 3.63) is 53.6 Å². The van der Waals surface area contributed by atoms with Gasteiger partial charge in [-0.3, -0.25) is 4.79 Å². The van der Waals surface area contributed by atoms with Gasteiger partial charge in [-0.05, 0) is 24.3 Å². The normalized spacial score (nSPS) is 12.0. The van der Waals surface area contributed by atoms with E-state index in [1.165, 1.54) is 19.2 Å². The van der Waals surface area contributed by atoms with E-state index >= 15 is 0 Å². The van der Waals surface area contributed by atoms with Crippen molar-refractivity contribution < 1.29 is 23.8 Å². The Balaban J connectivity index is 1.94. The van der Waals surface area contributed by atoms with Crippen LogP contribution in [0.15, 0.2) is 36.5 Å². The number of hydrogen-bond acceptors (Lipinski definition) is 4. The molecule has 1 aromatic carbocycles. The van der Waals surface area contributed by atoms with E-state index < -0.39 is 11.9 Å². The fourth-order valence-electron chi connectivity index (χ4n) is 1.86. The third-order valence-corrected chi connectivity index (χ3v) is 2.97. The van der Waals surface area contributed by atoms with E-state index in [0.717, 1.165) is 6.07 Å². The number of ether oxygens (including phenoxy) is 2. The smallest absolute Gasteiger partial charge is 0.267 e. The van der Waals surface area contributed by atoms with Crippen molar-refractivity contribution in [2.24, 2.45) is 0 Å². The molecule has 3 N–H and O–H groups in total. The lowest BCUT2D eigenvalue weighted by atomic mass is 10.1. The molecule has 0 saturated carbocycles. The first-order valence-corrected chi connectivity index (χ1v) is 6.62. The van der Waals surface area contributed by atoms with Gasteiger partial charge in [0.15, 0.2) is 6.79 Å². The number of halogens is 1. The highest BCUT2D eigenvalue weighted by Crippen LogP contribution is 2.21. The van der Waals surface area contributed by atoms with Crippen LogP contribution in [0.5, 0.6) is 5.75 Å². The summed E-state index contributed by atoms with van der Waals surface area (Å²) in [5, 5.41) is 12.5. The molecule has 1 aromatic heterocycles. The van der Waals surface area contributed by atoms with Crippen LogP contribution in [-0.2, 0) is 4.74 Å². The lowest BCUT2D eigenvalue weighted by Crippen LogP contribution is -2.28. The topological polar surface area (TPSA) is 83.6 Å². The molecule has 0 radical (unpaired) electrons. The first-order chi connectivity index (χ1) is 10.6. The monoisotopic (exact) mass is 308 g/mol. The first kappa shape index (κ1) is 16.0. The molecule has 0 spiro atoms. The molecule has 0 aliphatic carbocycles. The van der Waals surface area contributed by atoms with Crippen LogP contribution in [0.25, 0.3) is 0 Å². The molecule has 0 aliphatic rings. The number of H-pyrrole nitrogens is 1. The molecule has 22 heavy (non-hydrogen) atoms. The molecule has 7 heteroatoms. The van der Waals surface area contributed by atoms with Gasteiger partial charge in [0.2, 0.25) is 0 Å². The van der Waals surface area contributed by atoms with Gasteiger partial charge < -0.3 is 24.9 Å². The van der Waals surface area contributed by atoms with Gasteiger partial charge in [-0.25, -0.2) is 4.39 Å². The number of aliphatic hydroxyl groups is 1. The number of carbonyl (C=O) groups excluding carboxylic acids is 1. The van der Waals surface area contributed by atoms with Gasteiger partial charge in [-0.1, -0.05) is 0 Å². The van der Waals surface area contributed by atoms with E-state index in [2.05, 4.69) is 10.3 Å². The van der Waals surface area contributed by atoms with Crippen LogP contribution in [0.2, 0.25) is 0 Å². The van der Waals surface area contributed by atoms with E-state index in [4.69, 9.17) is 9.47 Å². The van der Waals surface area contributed by atoms with Crippen molar-refractivity contribution in [3.8, 4) is 5.75 Å². The molecule has 1 heterocycles. The number of benzene rings is 1. The van der Waals surface area contributed by atoms with Gasteiger partial charge in [0.1, 0.15) is 17.3 Å². The molecule has 0 aliphatic heterocycles. The van der Waals surface area contributed by atoms with E-state index in [0.29, 0.717) is 11.4 Å². The maximum absolute atomic E-state index is 13.9. The fourth-order valence-corrected chi connectivity index (χ4v) is 1.86. The fraction of sp³-hybridized carbons (Fsp3) is 0.267. The second-order valence-corrected chi connectivity index (χ2v) is 4.54. The van der Waals surface area contributed by atoms with E-state index in [9.17, 15) is 14.3 Å². The molecule has 0 fully saturated rings. The Morgan fingerprint density at radius 1 is 1.45 bits per heavy atom. The summed E-state index contributed by atoms with van der Waals surface area (Å²) in [5.74, 6) is -0.689. The summed E-state index contributed by atoms with van der Waals surface area (Å²) < 4.78 is 23.7. The molecule has 1 unspecified atom stereocenters. The van der Waals surface area contributed by atoms with Gasteiger partial charge in [-0.15, -0.1) is 0 Å². The van der Waals surface area contributed by atoms with Gasteiger partial charge in [-0.2, -0.15) is 0 Å². The Kier molecular flexibility index (Phi) is 5.51. The highest BCUT2D eigenvalue weighted by molar-refractivity contribution is 5.92. The zero-order chi connectivity index (χ0) is 15.9. The average Bonchev–Trinajstić information content (AvgIpc) is 3.04. The minimum absolute atomic E-state index is 0.00748. The number of carbonyl (C=O) groups is 1. The predicted molar refractivity (Wildman–Crippen MR) is 77.0 cm³/mol. The second-order valence-electron chi connectivity index (χ2n) is 4.54. The first-order valence-electron chi connectivity index (χ1n) is 6.62. The van der Waals surface area contributed by atoms with Crippen molar-refractivity contribution in [1.82, 2.24) is 10.3 Å². The van der Waals surface area contributed by atoms with Gasteiger partial charge >= 0.3 is 0 Å².